The van der Waals surface area contributed by atoms with Crippen LogP contribution in [0.15, 0.2) is 36.7 Å². The highest BCUT2D eigenvalue weighted by Gasteiger charge is 2.24. The van der Waals surface area contributed by atoms with Gasteiger partial charge >= 0.3 is 0 Å². The monoisotopic (exact) mass is 371 g/mol. The third-order valence-corrected chi connectivity index (χ3v) is 5.09. The molecule has 6 heteroatoms. The number of likely N-dealkylation sites (tertiary alicyclic amines) is 1. The number of aromatic nitrogens is 2. The number of ether oxygens (including phenoxy) is 2. The second-order valence-electron chi connectivity index (χ2n) is 7.38. The molecule has 6 nitrogen and oxygen atoms in total. The number of carbonyl (C=O) groups is 1. The zero-order valence-corrected chi connectivity index (χ0v) is 16.4. The van der Waals surface area contributed by atoms with Crippen LogP contribution < -0.4 is 9.47 Å². The number of piperidine rings is 1. The Hall–Kier alpha value is -2.50. The Bertz CT molecular complexity index is 749. The number of imidazole rings is 1. The number of methoxy groups -OCH3 is 1. The fraction of sp³-hybridized carbons (Fsp3) is 0.524. The summed E-state index contributed by atoms with van der Waals surface area (Å²) in [6, 6.07) is 7.33. The Morgan fingerprint density at radius 1 is 1.26 bits per heavy atom. The molecule has 1 aliphatic heterocycles. The predicted molar refractivity (Wildman–Crippen MR) is 104 cm³/mol. The molecule has 0 N–H and O–H groups in total. The smallest absolute Gasteiger partial charge is 0.260 e. The highest BCUT2D eigenvalue weighted by molar-refractivity contribution is 5.77. The third-order valence-electron chi connectivity index (χ3n) is 5.09. The molecule has 0 saturated carbocycles. The minimum absolute atomic E-state index is 0.0433. The van der Waals surface area contributed by atoms with E-state index in [1.807, 2.05) is 29.3 Å². The lowest BCUT2D eigenvalue weighted by molar-refractivity contribution is -0.134. The second-order valence-corrected chi connectivity index (χ2v) is 7.38. The molecular weight excluding hydrogens is 342 g/mol. The van der Waals surface area contributed by atoms with Crippen LogP contribution in [0.25, 0.3) is 0 Å². The van der Waals surface area contributed by atoms with E-state index in [4.69, 9.17) is 9.47 Å². The normalized spacial score (nSPS) is 15.2. The van der Waals surface area contributed by atoms with E-state index in [0.717, 1.165) is 44.0 Å². The average molecular weight is 371 g/mol. The lowest BCUT2D eigenvalue weighted by atomic mass is 9.96. The first-order chi connectivity index (χ1) is 13.1. The first-order valence-electron chi connectivity index (χ1n) is 9.62. The molecule has 1 aliphatic rings. The van der Waals surface area contributed by atoms with Gasteiger partial charge in [0.2, 0.25) is 0 Å². The zero-order chi connectivity index (χ0) is 19.2. The Morgan fingerprint density at radius 2 is 2.00 bits per heavy atom. The van der Waals surface area contributed by atoms with Crippen LogP contribution in [0.3, 0.4) is 0 Å². The maximum atomic E-state index is 12.4. The highest BCUT2D eigenvalue weighted by Crippen LogP contribution is 2.22. The van der Waals surface area contributed by atoms with Gasteiger partial charge in [-0.25, -0.2) is 4.98 Å². The topological polar surface area (TPSA) is 56.6 Å². The number of hydrogen-bond donors (Lipinski definition) is 0. The van der Waals surface area contributed by atoms with Crippen molar-refractivity contribution < 1.29 is 14.3 Å². The molecule has 0 aliphatic carbocycles. The predicted octanol–water partition coefficient (Wildman–Crippen LogP) is 3.33. The first-order valence-corrected chi connectivity index (χ1v) is 9.62. The molecule has 1 aromatic carbocycles. The molecule has 1 saturated heterocycles. The molecule has 0 bridgehead atoms. The van der Waals surface area contributed by atoms with E-state index < -0.39 is 0 Å². The molecule has 27 heavy (non-hydrogen) atoms. The van der Waals surface area contributed by atoms with Gasteiger partial charge in [0, 0.05) is 44.0 Å². The molecule has 1 aromatic heterocycles. The van der Waals surface area contributed by atoms with Crippen molar-refractivity contribution >= 4 is 5.91 Å². The Labute approximate surface area is 161 Å². The second kappa shape index (κ2) is 8.93. The van der Waals surface area contributed by atoms with Crippen LogP contribution in [0.2, 0.25) is 0 Å². The van der Waals surface area contributed by atoms with Crippen LogP contribution in [0.5, 0.6) is 11.5 Å². The number of benzene rings is 1. The van der Waals surface area contributed by atoms with Crippen molar-refractivity contribution in [1.82, 2.24) is 14.5 Å². The van der Waals surface area contributed by atoms with Gasteiger partial charge in [0.05, 0.1) is 7.11 Å². The molecule has 1 fully saturated rings. The van der Waals surface area contributed by atoms with Crippen LogP contribution in [0.4, 0.5) is 0 Å². The lowest BCUT2D eigenvalue weighted by Crippen LogP contribution is -2.41. The van der Waals surface area contributed by atoms with Gasteiger partial charge < -0.3 is 18.9 Å². The lowest BCUT2D eigenvalue weighted by Gasteiger charge is -2.32. The molecule has 2 aromatic rings. The standard InChI is InChI=1S/C21H29N3O3/c1-16(2)21-22-9-12-24(21)14-17-7-10-23(11-8-17)20(25)15-27-19-6-4-5-18(13-19)26-3/h4-6,9,12-13,16-17H,7-8,10-11,14-15H2,1-3H3. The summed E-state index contributed by atoms with van der Waals surface area (Å²) in [5.74, 6) is 3.57. The molecule has 0 atom stereocenters. The fourth-order valence-electron chi connectivity index (χ4n) is 3.55. The summed E-state index contributed by atoms with van der Waals surface area (Å²) in [7, 11) is 1.61. The van der Waals surface area contributed by atoms with Crippen molar-refractivity contribution in [2.75, 3.05) is 26.8 Å². The van der Waals surface area contributed by atoms with Crippen molar-refractivity contribution in [2.45, 2.75) is 39.2 Å². The Kier molecular flexibility index (Phi) is 6.37. The summed E-state index contributed by atoms with van der Waals surface area (Å²) < 4.78 is 13.1. The minimum atomic E-state index is 0.0433. The quantitative estimate of drug-likeness (QED) is 0.749. The molecule has 0 unspecified atom stereocenters. The maximum Gasteiger partial charge on any atom is 0.260 e. The van der Waals surface area contributed by atoms with Crippen LogP contribution in [-0.4, -0.2) is 47.2 Å². The van der Waals surface area contributed by atoms with Gasteiger partial charge in [-0.2, -0.15) is 0 Å². The zero-order valence-electron chi connectivity index (χ0n) is 16.4. The van der Waals surface area contributed by atoms with Crippen molar-refractivity contribution in [2.24, 2.45) is 5.92 Å². The third kappa shape index (κ3) is 5.02. The molecule has 0 radical (unpaired) electrons. The molecule has 3 rings (SSSR count). The summed E-state index contributed by atoms with van der Waals surface area (Å²) in [5, 5.41) is 0. The van der Waals surface area contributed by atoms with Crippen molar-refractivity contribution in [3.63, 3.8) is 0 Å². The van der Waals surface area contributed by atoms with Gasteiger partial charge in [0.1, 0.15) is 17.3 Å². The number of nitrogens with zero attached hydrogens (tertiary/aromatic N) is 3. The SMILES string of the molecule is COc1cccc(OCC(=O)N2CCC(Cn3ccnc3C(C)C)CC2)c1. The molecule has 0 spiro atoms. The van der Waals surface area contributed by atoms with Crippen LogP contribution >= 0.6 is 0 Å². The first kappa shape index (κ1) is 19.3. The summed E-state index contributed by atoms with van der Waals surface area (Å²) in [4.78, 5) is 18.8. The summed E-state index contributed by atoms with van der Waals surface area (Å²) >= 11 is 0. The van der Waals surface area contributed by atoms with Gasteiger partial charge in [0.25, 0.3) is 5.91 Å². The van der Waals surface area contributed by atoms with Gasteiger partial charge in [-0.05, 0) is 30.9 Å². The highest BCUT2D eigenvalue weighted by atomic mass is 16.5. The maximum absolute atomic E-state index is 12.4. The average Bonchev–Trinajstić information content (AvgIpc) is 3.15. The summed E-state index contributed by atoms with van der Waals surface area (Å²) in [6.45, 7) is 6.96. The number of hydrogen-bond acceptors (Lipinski definition) is 4. The number of rotatable bonds is 7. The molecule has 1 amide bonds. The van der Waals surface area contributed by atoms with Crippen LogP contribution in [0.1, 0.15) is 38.4 Å². The molecule has 2 heterocycles. The number of amides is 1. The Balaban J connectivity index is 1.45. The van der Waals surface area contributed by atoms with Crippen molar-refractivity contribution in [3.8, 4) is 11.5 Å². The van der Waals surface area contributed by atoms with Crippen molar-refractivity contribution in [3.05, 3.63) is 42.5 Å². The Morgan fingerprint density at radius 3 is 2.70 bits per heavy atom. The minimum Gasteiger partial charge on any atom is -0.497 e. The molecule has 146 valence electrons. The number of carbonyl (C=O) groups excluding carboxylic acids is 1. The van der Waals surface area contributed by atoms with E-state index in [-0.39, 0.29) is 12.5 Å². The van der Waals surface area contributed by atoms with Crippen LogP contribution in [0, 0.1) is 5.92 Å². The largest absolute Gasteiger partial charge is 0.497 e. The van der Waals surface area contributed by atoms with Gasteiger partial charge in [-0.3, -0.25) is 4.79 Å². The summed E-state index contributed by atoms with van der Waals surface area (Å²) in [5.41, 5.74) is 0. The van der Waals surface area contributed by atoms with Gasteiger partial charge in [-0.15, -0.1) is 0 Å². The van der Waals surface area contributed by atoms with Crippen molar-refractivity contribution in [1.29, 1.82) is 0 Å². The fourth-order valence-corrected chi connectivity index (χ4v) is 3.55. The van der Waals surface area contributed by atoms with E-state index in [1.165, 1.54) is 0 Å². The van der Waals surface area contributed by atoms with Crippen LogP contribution in [-0.2, 0) is 11.3 Å². The van der Waals surface area contributed by atoms with E-state index in [0.29, 0.717) is 17.6 Å². The molecular formula is C21H29N3O3. The van der Waals surface area contributed by atoms with E-state index in [9.17, 15) is 4.79 Å². The van der Waals surface area contributed by atoms with Gasteiger partial charge in [-0.1, -0.05) is 19.9 Å². The summed E-state index contributed by atoms with van der Waals surface area (Å²) in [6.07, 6.45) is 5.97. The van der Waals surface area contributed by atoms with E-state index >= 15 is 0 Å². The van der Waals surface area contributed by atoms with Gasteiger partial charge in [0.15, 0.2) is 6.61 Å². The van der Waals surface area contributed by atoms with E-state index in [2.05, 4.69) is 29.6 Å². The van der Waals surface area contributed by atoms with E-state index in [1.54, 1.807) is 13.2 Å².